The zero-order valence-electron chi connectivity index (χ0n) is 11.9. The Morgan fingerprint density at radius 1 is 1.29 bits per heavy atom. The van der Waals surface area contributed by atoms with Crippen LogP contribution in [0.3, 0.4) is 0 Å². The predicted octanol–water partition coefficient (Wildman–Crippen LogP) is 1.43. The lowest BCUT2D eigenvalue weighted by atomic mass is 10.1. The lowest BCUT2D eigenvalue weighted by Crippen LogP contribution is -2.39. The van der Waals surface area contributed by atoms with Crippen molar-refractivity contribution in [1.29, 1.82) is 0 Å². The molecule has 4 atom stereocenters. The van der Waals surface area contributed by atoms with Crippen molar-refractivity contribution in [2.24, 2.45) is 17.8 Å². The van der Waals surface area contributed by atoms with Crippen LogP contribution >= 0.6 is 11.3 Å². The highest BCUT2D eigenvalue weighted by molar-refractivity contribution is 7.15. The number of anilines is 1. The van der Waals surface area contributed by atoms with Crippen molar-refractivity contribution in [2.75, 3.05) is 11.9 Å². The maximum absolute atomic E-state index is 12.3. The third-order valence-corrected chi connectivity index (χ3v) is 5.78. The second-order valence-corrected chi connectivity index (χ2v) is 7.53. The molecule has 2 saturated carbocycles. The zero-order chi connectivity index (χ0) is 14.6. The number of carbonyl (C=O) groups excluding carboxylic acids is 2. The molecule has 6 nitrogen and oxygen atoms in total. The van der Waals surface area contributed by atoms with E-state index in [1.165, 1.54) is 24.2 Å². The number of carbonyl (C=O) groups is 2. The van der Waals surface area contributed by atoms with Crippen LogP contribution in [0, 0.1) is 24.7 Å². The Kier molecular flexibility index (Phi) is 2.99. The minimum absolute atomic E-state index is 0.136. The van der Waals surface area contributed by atoms with E-state index in [0.717, 1.165) is 29.3 Å². The molecule has 2 aliphatic carbocycles. The Labute approximate surface area is 126 Å². The number of rotatable bonds is 4. The molecule has 21 heavy (non-hydrogen) atoms. The second-order valence-electron chi connectivity index (χ2n) is 6.35. The van der Waals surface area contributed by atoms with Crippen LogP contribution in [-0.4, -0.2) is 39.5 Å². The van der Waals surface area contributed by atoms with Gasteiger partial charge in [-0.3, -0.25) is 9.59 Å². The molecule has 7 heteroatoms. The van der Waals surface area contributed by atoms with Gasteiger partial charge in [-0.15, -0.1) is 10.2 Å². The maximum atomic E-state index is 12.3. The van der Waals surface area contributed by atoms with Crippen LogP contribution in [0.2, 0.25) is 0 Å². The number of aromatic nitrogens is 2. The van der Waals surface area contributed by atoms with Crippen molar-refractivity contribution in [2.45, 2.75) is 38.6 Å². The molecule has 1 N–H and O–H groups in total. The number of fused-ring (bicyclic) bond motifs is 5. The maximum Gasteiger partial charge on any atom is 0.226 e. The Morgan fingerprint density at radius 2 is 2.14 bits per heavy atom. The second kappa shape index (κ2) is 4.76. The summed E-state index contributed by atoms with van der Waals surface area (Å²) in [5, 5.41) is 11.7. The number of aryl methyl sites for hydroxylation is 1. The number of likely N-dealkylation sites (tertiary alicyclic amines) is 1. The van der Waals surface area contributed by atoms with Crippen molar-refractivity contribution in [3.05, 3.63) is 5.01 Å². The van der Waals surface area contributed by atoms with Crippen LogP contribution in [0.25, 0.3) is 0 Å². The Bertz CT molecular complexity index is 602. The average Bonchev–Trinajstić information content (AvgIpc) is 2.83. The summed E-state index contributed by atoms with van der Waals surface area (Å²) in [5.41, 5.74) is 0. The molecule has 2 bridgehead atoms. The van der Waals surface area contributed by atoms with E-state index in [0.29, 0.717) is 17.6 Å². The molecule has 1 aliphatic heterocycles. The van der Waals surface area contributed by atoms with Crippen LogP contribution < -0.4 is 5.32 Å². The fourth-order valence-electron chi connectivity index (χ4n) is 4.02. The van der Waals surface area contributed by atoms with E-state index >= 15 is 0 Å². The van der Waals surface area contributed by atoms with Gasteiger partial charge in [0.25, 0.3) is 0 Å². The molecular formula is C14H18N4O2S. The zero-order valence-corrected chi connectivity index (χ0v) is 12.7. The van der Waals surface area contributed by atoms with Crippen molar-refractivity contribution < 1.29 is 9.59 Å². The van der Waals surface area contributed by atoms with Crippen LogP contribution in [0.5, 0.6) is 0 Å². The minimum atomic E-state index is -0.159. The number of hydrogen-bond donors (Lipinski definition) is 1. The third-order valence-electron chi connectivity index (χ3n) is 5.03. The summed E-state index contributed by atoms with van der Waals surface area (Å²) in [5.74, 6) is 2.39. The Hall–Kier alpha value is -1.50. The molecule has 2 amide bonds. The molecule has 4 rings (SSSR count). The molecule has 112 valence electrons. The van der Waals surface area contributed by atoms with Gasteiger partial charge < -0.3 is 10.2 Å². The smallest absolute Gasteiger partial charge is 0.226 e. The van der Waals surface area contributed by atoms with Crippen molar-refractivity contribution in [3.63, 3.8) is 0 Å². The first kappa shape index (κ1) is 13.2. The van der Waals surface area contributed by atoms with Gasteiger partial charge in [0.2, 0.25) is 16.9 Å². The number of piperidine rings is 1. The van der Waals surface area contributed by atoms with E-state index in [4.69, 9.17) is 0 Å². The first-order chi connectivity index (χ1) is 10.1. The third kappa shape index (κ3) is 2.33. The summed E-state index contributed by atoms with van der Waals surface area (Å²) >= 11 is 1.34. The topological polar surface area (TPSA) is 75.2 Å². The van der Waals surface area contributed by atoms with Gasteiger partial charge in [0.15, 0.2) is 0 Å². The Balaban J connectivity index is 1.27. The van der Waals surface area contributed by atoms with Gasteiger partial charge >= 0.3 is 0 Å². The molecule has 1 aromatic heterocycles. The molecule has 3 fully saturated rings. The molecule has 0 unspecified atom stereocenters. The molecular weight excluding hydrogens is 288 g/mol. The number of hydrogen-bond acceptors (Lipinski definition) is 5. The first-order valence-corrected chi connectivity index (χ1v) is 8.33. The van der Waals surface area contributed by atoms with Gasteiger partial charge in [-0.1, -0.05) is 11.3 Å². The van der Waals surface area contributed by atoms with E-state index in [2.05, 4.69) is 15.5 Å². The van der Waals surface area contributed by atoms with Gasteiger partial charge in [-0.05, 0) is 37.5 Å². The van der Waals surface area contributed by atoms with Gasteiger partial charge in [0.05, 0.1) is 0 Å². The SMILES string of the molecule is Cc1nnc(NC(=O)CCC(=O)N2C[C@@H]3C[C@H]2[C@H]2C[C@@H]32)s1. The van der Waals surface area contributed by atoms with Crippen molar-refractivity contribution in [3.8, 4) is 0 Å². The highest BCUT2D eigenvalue weighted by atomic mass is 32.1. The molecule has 1 aromatic rings. The molecule has 1 saturated heterocycles. The van der Waals surface area contributed by atoms with Gasteiger partial charge in [-0.2, -0.15) is 0 Å². The van der Waals surface area contributed by atoms with Crippen molar-refractivity contribution >= 4 is 28.3 Å². The van der Waals surface area contributed by atoms with E-state index in [9.17, 15) is 9.59 Å². The number of nitrogens with one attached hydrogen (secondary N) is 1. The Morgan fingerprint density at radius 3 is 2.81 bits per heavy atom. The fraction of sp³-hybridized carbons (Fsp3) is 0.714. The highest BCUT2D eigenvalue weighted by Crippen LogP contribution is 2.61. The summed E-state index contributed by atoms with van der Waals surface area (Å²) < 4.78 is 0. The standard InChI is InChI=1S/C14H18N4O2S/c1-7-16-17-14(21-7)15-12(19)2-3-13(20)18-6-8-4-11(18)10-5-9(8)10/h8-11H,2-6H2,1H3,(H,15,17,19)/t8-,9-,10-,11-/m0/s1. The molecule has 0 radical (unpaired) electrons. The average molecular weight is 306 g/mol. The summed E-state index contributed by atoms with van der Waals surface area (Å²) in [6.45, 7) is 2.76. The van der Waals surface area contributed by atoms with Crippen LogP contribution in [0.1, 0.15) is 30.7 Å². The van der Waals surface area contributed by atoms with E-state index < -0.39 is 0 Å². The van der Waals surface area contributed by atoms with Crippen LogP contribution in [-0.2, 0) is 9.59 Å². The van der Waals surface area contributed by atoms with Crippen LogP contribution in [0.4, 0.5) is 5.13 Å². The van der Waals surface area contributed by atoms with E-state index in [1.54, 1.807) is 0 Å². The van der Waals surface area contributed by atoms with Gasteiger partial charge in [0.1, 0.15) is 5.01 Å². The monoisotopic (exact) mass is 306 g/mol. The minimum Gasteiger partial charge on any atom is -0.339 e. The van der Waals surface area contributed by atoms with Crippen molar-refractivity contribution in [1.82, 2.24) is 15.1 Å². The molecule has 0 aromatic carbocycles. The lowest BCUT2D eigenvalue weighted by Gasteiger charge is -2.26. The molecule has 0 spiro atoms. The fourth-order valence-corrected chi connectivity index (χ4v) is 4.62. The molecule has 2 heterocycles. The normalized spacial score (nSPS) is 32.1. The van der Waals surface area contributed by atoms with E-state index in [-0.39, 0.29) is 18.2 Å². The van der Waals surface area contributed by atoms with Gasteiger partial charge in [0, 0.05) is 25.4 Å². The first-order valence-electron chi connectivity index (χ1n) is 7.51. The largest absolute Gasteiger partial charge is 0.339 e. The quantitative estimate of drug-likeness (QED) is 0.913. The summed E-state index contributed by atoms with van der Waals surface area (Å²) in [6.07, 6.45) is 3.02. The molecule has 3 aliphatic rings. The van der Waals surface area contributed by atoms with Crippen LogP contribution in [0.15, 0.2) is 0 Å². The van der Waals surface area contributed by atoms with E-state index in [1.807, 2.05) is 11.8 Å². The highest BCUT2D eigenvalue weighted by Gasteiger charge is 2.61. The number of amides is 2. The number of nitrogens with zero attached hydrogens (tertiary/aromatic N) is 3. The lowest BCUT2D eigenvalue weighted by molar-refractivity contribution is -0.134. The summed E-state index contributed by atoms with van der Waals surface area (Å²) in [4.78, 5) is 26.1. The summed E-state index contributed by atoms with van der Waals surface area (Å²) in [7, 11) is 0. The predicted molar refractivity (Wildman–Crippen MR) is 77.7 cm³/mol. The van der Waals surface area contributed by atoms with Gasteiger partial charge in [-0.25, -0.2) is 0 Å². The summed E-state index contributed by atoms with van der Waals surface area (Å²) in [6, 6.07) is 0.473.